The molecule has 2 atom stereocenters. The number of aromatic nitrogens is 2. The van der Waals surface area contributed by atoms with E-state index in [0.29, 0.717) is 17.2 Å². The van der Waals surface area contributed by atoms with Gasteiger partial charge in [0.15, 0.2) is 5.13 Å². The number of thiazole rings is 2. The van der Waals surface area contributed by atoms with Gasteiger partial charge in [-0.3, -0.25) is 4.98 Å². The second kappa shape index (κ2) is 15.5. The molecule has 4 rings (SSSR count). The Kier molecular flexibility index (Phi) is 11.8. The Bertz CT molecular complexity index is 1550. The van der Waals surface area contributed by atoms with E-state index in [9.17, 15) is 18.3 Å². The molecule has 232 valence electrons. The SMILES string of the molecule is CNCCNc1nc2ccc(S(=O)(=O)N(CC(C)C)C[C@@H](O)[C@H](Cc3ccccc3)NC(=O)OCc3cncs3)cc2s1. The number of carbonyl (C=O) groups excluding carboxylic acids is 1. The van der Waals surface area contributed by atoms with Crippen LogP contribution in [0.15, 0.2) is 65.1 Å². The number of rotatable bonds is 16. The van der Waals surface area contributed by atoms with E-state index >= 15 is 0 Å². The summed E-state index contributed by atoms with van der Waals surface area (Å²) in [6.07, 6.45) is -0.0295. The van der Waals surface area contributed by atoms with Crippen LogP contribution < -0.4 is 16.0 Å². The van der Waals surface area contributed by atoms with Gasteiger partial charge in [0.1, 0.15) is 6.61 Å². The maximum Gasteiger partial charge on any atom is 0.407 e. The fraction of sp³-hybridized carbons (Fsp3) is 0.414. The Hall–Kier alpha value is -3.14. The molecule has 0 fully saturated rings. The second-order valence-corrected chi connectivity index (χ2v) is 14.4. The maximum atomic E-state index is 14.0. The smallest absolute Gasteiger partial charge is 0.407 e. The van der Waals surface area contributed by atoms with Crippen molar-refractivity contribution in [2.75, 3.05) is 38.5 Å². The number of carbonyl (C=O) groups is 1. The summed E-state index contributed by atoms with van der Waals surface area (Å²) in [5.41, 5.74) is 3.23. The Morgan fingerprint density at radius 3 is 2.60 bits per heavy atom. The Morgan fingerprint density at radius 2 is 1.91 bits per heavy atom. The second-order valence-electron chi connectivity index (χ2n) is 10.4. The molecule has 0 spiro atoms. The van der Waals surface area contributed by atoms with Gasteiger partial charge in [-0.1, -0.05) is 55.5 Å². The average Bonchev–Trinajstić information content (AvgIpc) is 3.65. The molecule has 0 saturated heterocycles. The van der Waals surface area contributed by atoms with Crippen LogP contribution in [0.1, 0.15) is 24.3 Å². The first-order chi connectivity index (χ1) is 20.7. The summed E-state index contributed by atoms with van der Waals surface area (Å²) in [6.45, 7) is 5.31. The molecule has 0 aliphatic rings. The number of fused-ring (bicyclic) bond motifs is 1. The van der Waals surface area contributed by atoms with Gasteiger partial charge in [0.25, 0.3) is 0 Å². The third-order valence-corrected chi connectivity index (χ3v) is 10.1. The Balaban J connectivity index is 1.53. The van der Waals surface area contributed by atoms with Gasteiger partial charge in [0, 0.05) is 32.4 Å². The van der Waals surface area contributed by atoms with E-state index in [-0.39, 0.29) is 36.9 Å². The fourth-order valence-electron chi connectivity index (χ4n) is 4.39. The van der Waals surface area contributed by atoms with Gasteiger partial charge in [-0.2, -0.15) is 4.31 Å². The van der Waals surface area contributed by atoms with E-state index in [1.165, 1.54) is 27.0 Å². The molecule has 0 aliphatic heterocycles. The Morgan fingerprint density at radius 1 is 1.12 bits per heavy atom. The first-order valence-electron chi connectivity index (χ1n) is 14.0. The minimum atomic E-state index is -4.00. The highest BCUT2D eigenvalue weighted by Crippen LogP contribution is 2.29. The Labute approximate surface area is 260 Å². The van der Waals surface area contributed by atoms with Crippen molar-refractivity contribution in [3.05, 3.63) is 70.7 Å². The first-order valence-corrected chi connectivity index (χ1v) is 17.1. The predicted octanol–water partition coefficient (Wildman–Crippen LogP) is 3.93. The molecule has 4 N–H and O–H groups in total. The van der Waals surface area contributed by atoms with Crippen LogP contribution in [0.3, 0.4) is 0 Å². The maximum absolute atomic E-state index is 14.0. The van der Waals surface area contributed by atoms with Crippen LogP contribution in [0.5, 0.6) is 0 Å². The monoisotopic (exact) mass is 646 g/mol. The molecule has 0 unspecified atom stereocenters. The van der Waals surface area contributed by atoms with Crippen LogP contribution in [-0.2, 0) is 27.8 Å². The number of ether oxygens (including phenoxy) is 1. The fourth-order valence-corrected chi connectivity index (χ4v) is 7.55. The summed E-state index contributed by atoms with van der Waals surface area (Å²) >= 11 is 2.75. The zero-order valence-corrected chi connectivity index (χ0v) is 26.8. The highest BCUT2D eigenvalue weighted by molar-refractivity contribution is 7.89. The van der Waals surface area contributed by atoms with Crippen molar-refractivity contribution in [3.8, 4) is 0 Å². The largest absolute Gasteiger partial charge is 0.444 e. The lowest BCUT2D eigenvalue weighted by atomic mass is 10.0. The van der Waals surface area contributed by atoms with E-state index in [0.717, 1.165) is 21.7 Å². The van der Waals surface area contributed by atoms with Gasteiger partial charge >= 0.3 is 6.09 Å². The molecule has 43 heavy (non-hydrogen) atoms. The summed E-state index contributed by atoms with van der Waals surface area (Å²) in [5, 5.41) is 21.2. The van der Waals surface area contributed by atoms with E-state index in [1.807, 2.05) is 51.2 Å². The predicted molar refractivity (Wildman–Crippen MR) is 171 cm³/mol. The zero-order valence-electron chi connectivity index (χ0n) is 24.4. The number of aliphatic hydroxyl groups excluding tert-OH is 1. The van der Waals surface area contributed by atoms with E-state index in [1.54, 1.807) is 29.9 Å². The van der Waals surface area contributed by atoms with Crippen LogP contribution in [0.2, 0.25) is 0 Å². The first kappa shape index (κ1) is 32.8. The van der Waals surface area contributed by atoms with Gasteiger partial charge in [0.05, 0.1) is 37.6 Å². The standard InChI is InChI=1S/C29H38N6O5S3/c1-20(2)16-35(43(38,39)23-9-10-24-27(14-23)42-28(33-24)32-12-11-30-3)17-26(36)25(13-21-7-5-4-6-8-21)34-29(37)40-18-22-15-31-19-41-22/h4-10,14-15,19-20,25-26,30,36H,11-13,16-18H2,1-3H3,(H,32,33)(H,34,37)/t25-,26+/m0/s1. The number of sulfonamides is 1. The van der Waals surface area contributed by atoms with Crippen LogP contribution in [0, 0.1) is 5.92 Å². The average molecular weight is 647 g/mol. The summed E-state index contributed by atoms with van der Waals surface area (Å²) in [7, 11) is -2.13. The lowest BCUT2D eigenvalue weighted by molar-refractivity contribution is 0.0876. The quantitative estimate of drug-likeness (QED) is 0.133. The van der Waals surface area contributed by atoms with Gasteiger partial charge < -0.3 is 25.8 Å². The highest BCUT2D eigenvalue weighted by atomic mass is 32.2. The van der Waals surface area contributed by atoms with Gasteiger partial charge in [0.2, 0.25) is 10.0 Å². The number of nitrogens with one attached hydrogen (secondary N) is 3. The molecular weight excluding hydrogens is 609 g/mol. The summed E-state index contributed by atoms with van der Waals surface area (Å²) in [5.74, 6) is -0.0120. The number of anilines is 1. The lowest BCUT2D eigenvalue weighted by Gasteiger charge is -2.30. The number of benzene rings is 2. The third kappa shape index (κ3) is 9.42. The van der Waals surface area contributed by atoms with Crippen LogP contribution in [0.25, 0.3) is 10.2 Å². The van der Waals surface area contributed by atoms with Crippen molar-refractivity contribution in [2.24, 2.45) is 5.92 Å². The number of hydrogen-bond donors (Lipinski definition) is 4. The summed E-state index contributed by atoms with van der Waals surface area (Å²) in [6, 6.07) is 13.5. The summed E-state index contributed by atoms with van der Waals surface area (Å²) in [4.78, 5) is 22.2. The molecule has 2 heterocycles. The van der Waals surface area contributed by atoms with E-state index in [4.69, 9.17) is 4.74 Å². The van der Waals surface area contributed by atoms with Crippen molar-refractivity contribution < 1.29 is 23.1 Å². The van der Waals surface area contributed by atoms with Gasteiger partial charge in [-0.05, 0) is 43.1 Å². The number of hydrogen-bond acceptors (Lipinski definition) is 11. The normalized spacial score (nSPS) is 13.3. The van der Waals surface area contributed by atoms with Gasteiger partial charge in [-0.25, -0.2) is 18.2 Å². The molecule has 0 aliphatic carbocycles. The number of likely N-dealkylation sites (N-methyl/N-ethyl adjacent to an activating group) is 1. The van der Waals surface area contributed by atoms with Crippen molar-refractivity contribution >= 4 is 54.1 Å². The minimum Gasteiger partial charge on any atom is -0.444 e. The van der Waals surface area contributed by atoms with Crippen LogP contribution in [-0.4, -0.2) is 79.3 Å². The molecule has 1 amide bonds. The van der Waals surface area contributed by atoms with Crippen LogP contribution in [0.4, 0.5) is 9.93 Å². The highest BCUT2D eigenvalue weighted by Gasteiger charge is 2.32. The van der Waals surface area contributed by atoms with Crippen molar-refractivity contribution in [3.63, 3.8) is 0 Å². The van der Waals surface area contributed by atoms with Crippen LogP contribution >= 0.6 is 22.7 Å². The molecule has 11 nitrogen and oxygen atoms in total. The summed E-state index contributed by atoms with van der Waals surface area (Å²) < 4.78 is 35.3. The molecular formula is C29H38N6O5S3. The number of amides is 1. The topological polar surface area (TPSA) is 146 Å². The molecule has 0 bridgehead atoms. The minimum absolute atomic E-state index is 0.0120. The van der Waals surface area contributed by atoms with Crippen molar-refractivity contribution in [2.45, 2.75) is 43.9 Å². The molecule has 2 aromatic carbocycles. The number of aliphatic hydroxyl groups is 1. The number of nitrogens with zero attached hydrogens (tertiary/aromatic N) is 3. The van der Waals surface area contributed by atoms with Crippen molar-refractivity contribution in [1.29, 1.82) is 0 Å². The third-order valence-electron chi connectivity index (χ3n) is 6.50. The number of alkyl carbamates (subject to hydrolysis) is 1. The van der Waals surface area contributed by atoms with E-state index in [2.05, 4.69) is 25.9 Å². The molecule has 0 radical (unpaired) electrons. The van der Waals surface area contributed by atoms with Gasteiger partial charge in [-0.15, -0.1) is 11.3 Å². The lowest BCUT2D eigenvalue weighted by Crippen LogP contribution is -2.51. The molecule has 0 saturated carbocycles. The zero-order chi connectivity index (χ0) is 30.8. The molecule has 2 aromatic heterocycles. The van der Waals surface area contributed by atoms with E-state index < -0.39 is 28.3 Å². The van der Waals surface area contributed by atoms with Crippen molar-refractivity contribution in [1.82, 2.24) is 24.9 Å². The molecule has 14 heteroatoms. The molecule has 4 aromatic rings.